The third-order valence-electron chi connectivity index (χ3n) is 2.19. The van der Waals surface area contributed by atoms with E-state index >= 15 is 0 Å². The van der Waals surface area contributed by atoms with Crippen molar-refractivity contribution in [3.8, 4) is 0 Å². The van der Waals surface area contributed by atoms with Crippen molar-refractivity contribution in [2.75, 3.05) is 11.2 Å². The van der Waals surface area contributed by atoms with Gasteiger partial charge in [0.15, 0.2) is 0 Å². The lowest BCUT2D eigenvalue weighted by atomic mass is 10.2. The van der Waals surface area contributed by atoms with Crippen LogP contribution in [0.1, 0.15) is 12.5 Å². The maximum Gasteiger partial charge on any atom is 0.224 e. The summed E-state index contributed by atoms with van der Waals surface area (Å²) in [4.78, 5) is 0. The Hall–Kier alpha value is -0.100. The summed E-state index contributed by atoms with van der Waals surface area (Å²) < 4.78 is 24.7. The van der Waals surface area contributed by atoms with E-state index in [2.05, 4.69) is 15.9 Å². The van der Waals surface area contributed by atoms with Gasteiger partial charge in [-0.3, -0.25) is 0 Å². The molecule has 0 aliphatic carbocycles. The molecule has 0 heterocycles. The average molecular weight is 327 g/mol. The Bertz CT molecular complexity index is 450. The molecule has 6 heteroatoms. The summed E-state index contributed by atoms with van der Waals surface area (Å²) in [5.74, 6) is 0. The lowest BCUT2D eigenvalue weighted by Crippen LogP contribution is -2.31. The van der Waals surface area contributed by atoms with Gasteiger partial charge < -0.3 is 0 Å². The highest BCUT2D eigenvalue weighted by atomic mass is 79.9. The van der Waals surface area contributed by atoms with Crippen molar-refractivity contribution < 1.29 is 8.42 Å². The largest absolute Gasteiger partial charge is 0.224 e. The topological polar surface area (TPSA) is 37.4 Å². The number of rotatable bonds is 5. The molecule has 0 spiro atoms. The smallest absolute Gasteiger partial charge is 0.211 e. The van der Waals surface area contributed by atoms with Crippen LogP contribution >= 0.6 is 27.5 Å². The molecule has 0 unspecified atom stereocenters. The zero-order chi connectivity index (χ0) is 12.2. The van der Waals surface area contributed by atoms with Gasteiger partial charge in [-0.05, 0) is 11.6 Å². The summed E-state index contributed by atoms with van der Waals surface area (Å²) in [6, 6.07) is 7.25. The predicted molar refractivity (Wildman–Crippen MR) is 70.2 cm³/mol. The maximum atomic E-state index is 11.7. The van der Waals surface area contributed by atoms with Crippen LogP contribution in [0.4, 0.5) is 0 Å². The lowest BCUT2D eigenvalue weighted by molar-refractivity contribution is 0.427. The molecule has 0 aliphatic rings. The van der Waals surface area contributed by atoms with E-state index < -0.39 is 10.0 Å². The molecule has 90 valence electrons. The highest BCUT2D eigenvalue weighted by Gasteiger charge is 2.19. The Morgan fingerprint density at radius 3 is 2.50 bits per heavy atom. The van der Waals surface area contributed by atoms with E-state index in [0.717, 1.165) is 5.56 Å². The van der Waals surface area contributed by atoms with Crippen LogP contribution in [0.25, 0.3) is 0 Å². The molecule has 0 radical (unpaired) electrons. The normalized spacial score (nSPS) is 12.0. The van der Waals surface area contributed by atoms with Crippen molar-refractivity contribution in [1.29, 1.82) is 0 Å². The zero-order valence-electron chi connectivity index (χ0n) is 8.86. The summed E-state index contributed by atoms with van der Waals surface area (Å²) in [5, 5.41) is 0.589. The van der Waals surface area contributed by atoms with Gasteiger partial charge in [0.05, 0.1) is 0 Å². The second-order valence-electron chi connectivity index (χ2n) is 3.24. The monoisotopic (exact) mass is 325 g/mol. The average Bonchev–Trinajstić information content (AvgIpc) is 2.27. The first kappa shape index (κ1) is 14.0. The molecule has 0 saturated carbocycles. The molecule has 3 nitrogen and oxygen atoms in total. The molecule has 16 heavy (non-hydrogen) atoms. The third kappa shape index (κ3) is 3.45. The minimum Gasteiger partial charge on any atom is -0.211 e. The molecule has 0 aliphatic heterocycles. The van der Waals surface area contributed by atoms with Gasteiger partial charge >= 0.3 is 0 Å². The molecular formula is C10H13BrClNO2S. The second-order valence-corrected chi connectivity index (χ2v) is 6.92. The number of hydrogen-bond donors (Lipinski definition) is 0. The summed E-state index contributed by atoms with van der Waals surface area (Å²) in [6.07, 6.45) is 0. The van der Waals surface area contributed by atoms with Crippen LogP contribution in [0, 0.1) is 0 Å². The van der Waals surface area contributed by atoms with Crippen LogP contribution in [0.5, 0.6) is 0 Å². The summed E-state index contributed by atoms with van der Waals surface area (Å²) >= 11 is 8.97. The quantitative estimate of drug-likeness (QED) is 0.780. The van der Waals surface area contributed by atoms with Gasteiger partial charge in [-0.15, -0.1) is 0 Å². The number of benzene rings is 1. The van der Waals surface area contributed by atoms with E-state index in [9.17, 15) is 8.42 Å². The Kier molecular flexibility index (Phi) is 5.24. The first-order valence-electron chi connectivity index (χ1n) is 4.78. The fourth-order valence-electron chi connectivity index (χ4n) is 1.29. The van der Waals surface area contributed by atoms with Crippen LogP contribution in [-0.2, 0) is 16.6 Å². The van der Waals surface area contributed by atoms with Crippen LogP contribution in [0.2, 0.25) is 5.02 Å². The van der Waals surface area contributed by atoms with Crippen molar-refractivity contribution in [2.45, 2.75) is 13.5 Å². The van der Waals surface area contributed by atoms with Gasteiger partial charge in [-0.25, -0.2) is 8.42 Å². The van der Waals surface area contributed by atoms with Crippen LogP contribution in [0.15, 0.2) is 24.3 Å². The molecular weight excluding hydrogens is 314 g/mol. The second kappa shape index (κ2) is 6.00. The van der Waals surface area contributed by atoms with Gasteiger partial charge in [-0.2, -0.15) is 4.31 Å². The van der Waals surface area contributed by atoms with Gasteiger partial charge in [0.1, 0.15) is 4.66 Å². The van der Waals surface area contributed by atoms with E-state index in [-0.39, 0.29) is 4.66 Å². The molecule has 0 atom stereocenters. The van der Waals surface area contributed by atoms with Gasteiger partial charge in [0.2, 0.25) is 10.0 Å². The molecule has 1 rings (SSSR count). The predicted octanol–water partition coefficient (Wildman–Crippen LogP) is 2.84. The minimum absolute atomic E-state index is 0.0711. The number of hydrogen-bond acceptors (Lipinski definition) is 2. The zero-order valence-corrected chi connectivity index (χ0v) is 12.0. The number of sulfonamides is 1. The molecule has 0 fully saturated rings. The lowest BCUT2D eigenvalue weighted by Gasteiger charge is -2.19. The summed E-state index contributed by atoms with van der Waals surface area (Å²) in [6.45, 7) is 2.54. The minimum atomic E-state index is -3.23. The van der Waals surface area contributed by atoms with Crippen LogP contribution in [-0.4, -0.2) is 23.9 Å². The van der Waals surface area contributed by atoms with E-state index in [4.69, 9.17) is 11.6 Å². The Balaban J connectivity index is 2.91. The highest BCUT2D eigenvalue weighted by molar-refractivity contribution is 9.10. The first-order valence-corrected chi connectivity index (χ1v) is 7.89. The summed E-state index contributed by atoms with van der Waals surface area (Å²) in [5.41, 5.74) is 0.815. The summed E-state index contributed by atoms with van der Waals surface area (Å²) in [7, 11) is -3.23. The van der Waals surface area contributed by atoms with E-state index in [0.29, 0.717) is 18.1 Å². The standard InChI is InChI=1S/C10H13BrClNO2S/c1-2-13(16(14,15)8-11)7-9-5-3-4-6-10(9)12/h3-6H,2,7-8H2,1H3. The molecule has 1 aromatic carbocycles. The van der Waals surface area contributed by atoms with Gasteiger partial charge in [-0.1, -0.05) is 52.7 Å². The molecule has 0 amide bonds. The maximum absolute atomic E-state index is 11.7. The molecule has 0 N–H and O–H groups in total. The Labute approximate surface area is 110 Å². The third-order valence-corrected chi connectivity index (χ3v) is 5.74. The van der Waals surface area contributed by atoms with E-state index in [1.807, 2.05) is 18.2 Å². The molecule has 1 aromatic rings. The number of nitrogens with zero attached hydrogens (tertiary/aromatic N) is 1. The molecule has 0 saturated heterocycles. The fourth-order valence-corrected chi connectivity index (χ4v) is 3.22. The fraction of sp³-hybridized carbons (Fsp3) is 0.400. The molecule has 0 aromatic heterocycles. The molecule has 0 bridgehead atoms. The van der Waals surface area contributed by atoms with Gasteiger partial charge in [0.25, 0.3) is 0 Å². The van der Waals surface area contributed by atoms with E-state index in [1.165, 1.54) is 4.31 Å². The number of alkyl halides is 1. The van der Waals surface area contributed by atoms with Crippen molar-refractivity contribution in [2.24, 2.45) is 0 Å². The van der Waals surface area contributed by atoms with Crippen LogP contribution in [0.3, 0.4) is 0 Å². The SMILES string of the molecule is CCN(Cc1ccccc1Cl)S(=O)(=O)CBr. The number of halogens is 2. The Morgan fingerprint density at radius 1 is 1.38 bits per heavy atom. The van der Waals surface area contributed by atoms with Crippen LogP contribution < -0.4 is 0 Å². The van der Waals surface area contributed by atoms with Crippen molar-refractivity contribution in [1.82, 2.24) is 4.31 Å². The first-order chi connectivity index (χ1) is 7.51. The van der Waals surface area contributed by atoms with Gasteiger partial charge in [0, 0.05) is 18.1 Å². The van der Waals surface area contributed by atoms with E-state index in [1.54, 1.807) is 13.0 Å². The van der Waals surface area contributed by atoms with Crippen molar-refractivity contribution in [3.63, 3.8) is 0 Å². The van der Waals surface area contributed by atoms with Crippen molar-refractivity contribution in [3.05, 3.63) is 34.9 Å². The van der Waals surface area contributed by atoms with Crippen molar-refractivity contribution >= 4 is 37.6 Å². The highest BCUT2D eigenvalue weighted by Crippen LogP contribution is 2.19. The Morgan fingerprint density at radius 2 is 2.00 bits per heavy atom.